The lowest BCUT2D eigenvalue weighted by Crippen LogP contribution is -2.35. The Bertz CT molecular complexity index is 465. The van der Waals surface area contributed by atoms with Gasteiger partial charge >= 0.3 is 17.9 Å². The highest BCUT2D eigenvalue weighted by molar-refractivity contribution is 5.83. The monoisotopic (exact) mass is 310 g/mol. The van der Waals surface area contributed by atoms with Crippen LogP contribution in [0.4, 0.5) is 0 Å². The number of hydrogen-bond acceptors (Lipinski definition) is 6. The van der Waals surface area contributed by atoms with E-state index in [1.54, 1.807) is 12.2 Å². The van der Waals surface area contributed by atoms with Gasteiger partial charge in [-0.25, -0.2) is 4.79 Å². The fraction of sp³-hybridized carbons (Fsp3) is 0.562. The maximum absolute atomic E-state index is 11.3. The topological polar surface area (TPSA) is 78.9 Å². The molecule has 0 N–H and O–H groups in total. The highest BCUT2D eigenvalue weighted by Gasteiger charge is 2.27. The van der Waals surface area contributed by atoms with Crippen molar-refractivity contribution in [2.45, 2.75) is 58.3 Å². The highest BCUT2D eigenvalue weighted by atomic mass is 16.6. The number of cyclic esters (lactones) is 1. The fourth-order valence-corrected chi connectivity index (χ4v) is 2.02. The lowest BCUT2D eigenvalue weighted by Gasteiger charge is -2.25. The Kier molecular flexibility index (Phi) is 7.36. The van der Waals surface area contributed by atoms with E-state index in [0.717, 1.165) is 12.8 Å². The molecule has 1 rings (SSSR count). The largest absolute Gasteiger partial charge is 0.458 e. The third kappa shape index (κ3) is 6.56. The van der Waals surface area contributed by atoms with Gasteiger partial charge in [0.05, 0.1) is 0 Å². The standard InChI is InChI=1S/C16H22O6/c1-4-5-6-13(20-11(2)17)7-8-15-14(21-12(3)18)9-10-16(19)22-15/h7-10,13-15H,4-6H2,1-3H3/b8-7-/t13-,14+,15+/m1/s1. The molecule has 1 heterocycles. The molecule has 0 spiro atoms. The highest BCUT2D eigenvalue weighted by Crippen LogP contribution is 2.16. The van der Waals surface area contributed by atoms with Gasteiger partial charge < -0.3 is 14.2 Å². The Morgan fingerprint density at radius 3 is 2.68 bits per heavy atom. The molecule has 6 nitrogen and oxygen atoms in total. The molecule has 0 aromatic heterocycles. The van der Waals surface area contributed by atoms with E-state index in [9.17, 15) is 14.4 Å². The normalized spacial score (nSPS) is 22.2. The Morgan fingerprint density at radius 1 is 1.36 bits per heavy atom. The predicted molar refractivity (Wildman–Crippen MR) is 78.8 cm³/mol. The number of carbonyl (C=O) groups excluding carboxylic acids is 3. The summed E-state index contributed by atoms with van der Waals surface area (Å²) in [6, 6.07) is 0. The lowest BCUT2D eigenvalue weighted by atomic mass is 10.1. The third-order valence-electron chi connectivity index (χ3n) is 2.98. The molecular weight excluding hydrogens is 288 g/mol. The lowest BCUT2D eigenvalue weighted by molar-refractivity contribution is -0.158. The number of rotatable bonds is 7. The van der Waals surface area contributed by atoms with E-state index in [1.165, 1.54) is 26.0 Å². The summed E-state index contributed by atoms with van der Waals surface area (Å²) in [6.07, 6.45) is 6.75. The van der Waals surface area contributed by atoms with Gasteiger partial charge in [0.2, 0.25) is 0 Å². The Balaban J connectivity index is 2.75. The molecule has 6 heteroatoms. The Morgan fingerprint density at radius 2 is 2.09 bits per heavy atom. The van der Waals surface area contributed by atoms with Crippen molar-refractivity contribution in [3.63, 3.8) is 0 Å². The van der Waals surface area contributed by atoms with Gasteiger partial charge in [0.15, 0.2) is 12.2 Å². The number of ether oxygens (including phenoxy) is 3. The van der Waals surface area contributed by atoms with Crippen LogP contribution >= 0.6 is 0 Å². The van der Waals surface area contributed by atoms with Crippen molar-refractivity contribution in [3.05, 3.63) is 24.3 Å². The van der Waals surface area contributed by atoms with Crippen molar-refractivity contribution in [2.75, 3.05) is 0 Å². The summed E-state index contributed by atoms with van der Waals surface area (Å²) in [5.41, 5.74) is 0. The molecule has 0 fully saturated rings. The van der Waals surface area contributed by atoms with Crippen LogP contribution in [0.3, 0.4) is 0 Å². The molecule has 0 aromatic carbocycles. The van der Waals surface area contributed by atoms with Crippen molar-refractivity contribution >= 4 is 17.9 Å². The van der Waals surface area contributed by atoms with Crippen LogP contribution in [0.1, 0.15) is 40.0 Å². The Labute approximate surface area is 130 Å². The van der Waals surface area contributed by atoms with Gasteiger partial charge in [-0.1, -0.05) is 13.3 Å². The van der Waals surface area contributed by atoms with Crippen LogP contribution in [-0.2, 0) is 28.6 Å². The van der Waals surface area contributed by atoms with E-state index in [0.29, 0.717) is 6.42 Å². The molecule has 0 saturated heterocycles. The van der Waals surface area contributed by atoms with E-state index in [4.69, 9.17) is 14.2 Å². The van der Waals surface area contributed by atoms with E-state index < -0.39 is 24.1 Å². The zero-order valence-corrected chi connectivity index (χ0v) is 13.1. The van der Waals surface area contributed by atoms with Crippen molar-refractivity contribution < 1.29 is 28.6 Å². The molecule has 0 radical (unpaired) electrons. The molecule has 0 amide bonds. The molecule has 1 aliphatic rings. The first-order valence-electron chi connectivity index (χ1n) is 7.34. The number of carbonyl (C=O) groups is 3. The van der Waals surface area contributed by atoms with E-state index in [1.807, 2.05) is 6.92 Å². The average Bonchev–Trinajstić information content (AvgIpc) is 2.43. The minimum atomic E-state index is -0.721. The second-order valence-corrected chi connectivity index (χ2v) is 5.01. The zero-order chi connectivity index (χ0) is 16.5. The quantitative estimate of drug-likeness (QED) is 0.407. The van der Waals surface area contributed by atoms with Gasteiger partial charge in [-0.3, -0.25) is 9.59 Å². The van der Waals surface area contributed by atoms with Gasteiger partial charge in [0.25, 0.3) is 0 Å². The summed E-state index contributed by atoms with van der Waals surface area (Å²) in [4.78, 5) is 33.5. The third-order valence-corrected chi connectivity index (χ3v) is 2.98. The maximum atomic E-state index is 11.3. The minimum Gasteiger partial charge on any atom is -0.458 e. The van der Waals surface area contributed by atoms with Crippen molar-refractivity contribution in [1.29, 1.82) is 0 Å². The average molecular weight is 310 g/mol. The molecule has 0 saturated carbocycles. The maximum Gasteiger partial charge on any atom is 0.331 e. The first-order chi connectivity index (χ1) is 10.4. The van der Waals surface area contributed by atoms with Gasteiger partial charge in [0, 0.05) is 19.9 Å². The number of unbranched alkanes of at least 4 members (excludes halogenated alkanes) is 1. The van der Waals surface area contributed by atoms with Crippen molar-refractivity contribution in [2.24, 2.45) is 0 Å². The molecule has 22 heavy (non-hydrogen) atoms. The first kappa shape index (κ1) is 17.9. The van der Waals surface area contributed by atoms with Crippen LogP contribution < -0.4 is 0 Å². The van der Waals surface area contributed by atoms with Crippen LogP contribution in [0.2, 0.25) is 0 Å². The summed E-state index contributed by atoms with van der Waals surface area (Å²) in [5.74, 6) is -1.34. The second kappa shape index (κ2) is 9.02. The fourth-order valence-electron chi connectivity index (χ4n) is 2.02. The zero-order valence-electron chi connectivity index (χ0n) is 13.1. The van der Waals surface area contributed by atoms with Gasteiger partial charge in [-0.2, -0.15) is 0 Å². The van der Waals surface area contributed by atoms with Gasteiger partial charge in [-0.15, -0.1) is 0 Å². The van der Waals surface area contributed by atoms with E-state index >= 15 is 0 Å². The number of hydrogen-bond donors (Lipinski definition) is 0. The summed E-state index contributed by atoms with van der Waals surface area (Å²) in [7, 11) is 0. The smallest absolute Gasteiger partial charge is 0.331 e. The summed E-state index contributed by atoms with van der Waals surface area (Å²) < 4.78 is 15.4. The minimum absolute atomic E-state index is 0.372. The molecule has 0 unspecified atom stereocenters. The first-order valence-corrected chi connectivity index (χ1v) is 7.34. The summed E-state index contributed by atoms with van der Waals surface area (Å²) in [5, 5.41) is 0. The molecule has 1 aliphatic heterocycles. The van der Waals surface area contributed by atoms with Crippen LogP contribution in [0.15, 0.2) is 24.3 Å². The van der Waals surface area contributed by atoms with Gasteiger partial charge in [0.1, 0.15) is 6.10 Å². The van der Waals surface area contributed by atoms with Crippen molar-refractivity contribution in [3.8, 4) is 0 Å². The summed E-state index contributed by atoms with van der Waals surface area (Å²) in [6.45, 7) is 4.67. The van der Waals surface area contributed by atoms with Crippen LogP contribution in [0.5, 0.6) is 0 Å². The molecule has 0 aliphatic carbocycles. The summed E-state index contributed by atoms with van der Waals surface area (Å²) >= 11 is 0. The number of esters is 3. The second-order valence-electron chi connectivity index (χ2n) is 5.01. The van der Waals surface area contributed by atoms with E-state index in [-0.39, 0.29) is 12.1 Å². The molecule has 3 atom stereocenters. The molecule has 0 bridgehead atoms. The molecular formula is C16H22O6. The SMILES string of the molecule is CCCC[C@H](/C=C\[C@@H]1OC(=O)C=C[C@@H]1OC(C)=O)OC(C)=O. The Hall–Kier alpha value is -2.11. The molecule has 0 aromatic rings. The van der Waals surface area contributed by atoms with E-state index in [2.05, 4.69) is 0 Å². The molecule has 122 valence electrons. The van der Waals surface area contributed by atoms with Gasteiger partial charge in [-0.05, 0) is 31.1 Å². The van der Waals surface area contributed by atoms with Crippen LogP contribution in [0.25, 0.3) is 0 Å². The van der Waals surface area contributed by atoms with Crippen molar-refractivity contribution in [1.82, 2.24) is 0 Å². The van der Waals surface area contributed by atoms with Crippen LogP contribution in [-0.4, -0.2) is 36.2 Å². The predicted octanol–water partition coefficient (Wildman–Crippen LogP) is 2.08. The van der Waals surface area contributed by atoms with Crippen LogP contribution in [0, 0.1) is 0 Å².